The van der Waals surface area contributed by atoms with E-state index >= 15 is 0 Å². The molecule has 0 aliphatic carbocycles. The van der Waals surface area contributed by atoms with E-state index in [1.54, 1.807) is 6.20 Å². The number of nitrogen functional groups attached to an aromatic ring is 1. The zero-order valence-corrected chi connectivity index (χ0v) is 12.3. The molecule has 1 heterocycles. The zero-order valence-electron chi connectivity index (χ0n) is 10.7. The van der Waals surface area contributed by atoms with Gasteiger partial charge in [-0.05, 0) is 29.7 Å². The van der Waals surface area contributed by atoms with Crippen LogP contribution in [0.25, 0.3) is 0 Å². The Morgan fingerprint density at radius 3 is 2.79 bits per heavy atom. The number of hydrogen-bond acceptors (Lipinski definition) is 5. The first kappa shape index (κ1) is 13.8. The van der Waals surface area contributed by atoms with Crippen LogP contribution in [-0.4, -0.2) is 9.97 Å². The quantitative estimate of drug-likeness (QED) is 0.666. The molecule has 6 heteroatoms. The van der Waals surface area contributed by atoms with Crippen LogP contribution in [0.3, 0.4) is 0 Å². The molecule has 2 rings (SSSR count). The van der Waals surface area contributed by atoms with E-state index in [0.29, 0.717) is 17.6 Å². The largest absolute Gasteiger partial charge is 0.437 e. The Balaban J connectivity index is 2.32. The molecule has 0 aliphatic rings. The second-order valence-electron chi connectivity index (χ2n) is 4.33. The molecule has 1 aromatic carbocycles. The summed E-state index contributed by atoms with van der Waals surface area (Å²) in [5.74, 6) is 7.27. The van der Waals surface area contributed by atoms with Gasteiger partial charge in [0.25, 0.3) is 0 Å². The average Bonchev–Trinajstić information content (AvgIpc) is 2.41. The Bertz CT molecular complexity index is 574. The van der Waals surface area contributed by atoms with Crippen LogP contribution in [0, 0.1) is 0 Å². The predicted octanol–water partition coefficient (Wildman–Crippen LogP) is 3.44. The second kappa shape index (κ2) is 5.99. The maximum atomic E-state index is 5.78. The van der Waals surface area contributed by atoms with Gasteiger partial charge in [-0.15, -0.1) is 0 Å². The van der Waals surface area contributed by atoms with Gasteiger partial charge in [0.05, 0.1) is 12.4 Å². The molecular weight excluding hydrogens is 308 g/mol. The monoisotopic (exact) mass is 322 g/mol. The van der Waals surface area contributed by atoms with E-state index in [1.165, 1.54) is 6.20 Å². The van der Waals surface area contributed by atoms with Crippen LogP contribution in [0.4, 0.5) is 5.82 Å². The Morgan fingerprint density at radius 1 is 1.32 bits per heavy atom. The summed E-state index contributed by atoms with van der Waals surface area (Å²) in [7, 11) is 0. The molecule has 1 aromatic heterocycles. The number of benzene rings is 1. The summed E-state index contributed by atoms with van der Waals surface area (Å²) in [6, 6.07) is 5.88. The number of aromatic nitrogens is 2. The molecule has 2 aromatic rings. The molecule has 3 N–H and O–H groups in total. The maximum absolute atomic E-state index is 5.78. The van der Waals surface area contributed by atoms with Gasteiger partial charge in [0.1, 0.15) is 5.75 Å². The van der Waals surface area contributed by atoms with Crippen molar-refractivity contribution in [3.05, 3.63) is 40.6 Å². The fourth-order valence-electron chi connectivity index (χ4n) is 1.64. The Labute approximate surface area is 120 Å². The summed E-state index contributed by atoms with van der Waals surface area (Å²) in [6.07, 6.45) is 3.07. The fourth-order valence-corrected chi connectivity index (χ4v) is 2.02. The van der Waals surface area contributed by atoms with Crippen LogP contribution in [0.5, 0.6) is 11.6 Å². The van der Waals surface area contributed by atoms with Crippen LogP contribution in [0.1, 0.15) is 25.3 Å². The van der Waals surface area contributed by atoms with E-state index < -0.39 is 0 Å². The third-order valence-electron chi connectivity index (χ3n) is 2.57. The summed E-state index contributed by atoms with van der Waals surface area (Å²) < 4.78 is 6.80. The zero-order chi connectivity index (χ0) is 13.8. The maximum Gasteiger partial charge on any atom is 0.239 e. The van der Waals surface area contributed by atoms with Crippen molar-refractivity contribution in [2.45, 2.75) is 19.8 Å². The lowest BCUT2D eigenvalue weighted by Crippen LogP contribution is -2.09. The van der Waals surface area contributed by atoms with Gasteiger partial charge in [-0.25, -0.2) is 5.84 Å². The first-order valence-electron chi connectivity index (χ1n) is 5.86. The van der Waals surface area contributed by atoms with E-state index in [9.17, 15) is 0 Å². The Hall–Kier alpha value is -1.66. The minimum atomic E-state index is 0.344. The molecule has 0 saturated heterocycles. The van der Waals surface area contributed by atoms with Gasteiger partial charge in [-0.3, -0.25) is 4.98 Å². The van der Waals surface area contributed by atoms with Crippen molar-refractivity contribution in [2.75, 3.05) is 5.43 Å². The number of anilines is 1. The third-order valence-corrected chi connectivity index (χ3v) is 3.06. The summed E-state index contributed by atoms with van der Waals surface area (Å²) in [4.78, 5) is 8.18. The van der Waals surface area contributed by atoms with Crippen molar-refractivity contribution >= 4 is 21.7 Å². The number of nitrogens with zero attached hydrogens (tertiary/aromatic N) is 2. The van der Waals surface area contributed by atoms with Crippen molar-refractivity contribution in [1.82, 2.24) is 9.97 Å². The van der Waals surface area contributed by atoms with Crippen LogP contribution in [0.2, 0.25) is 0 Å². The van der Waals surface area contributed by atoms with E-state index in [-0.39, 0.29) is 0 Å². The molecule has 0 amide bonds. The molecule has 0 aliphatic heterocycles. The lowest BCUT2D eigenvalue weighted by molar-refractivity contribution is 0.452. The van der Waals surface area contributed by atoms with Gasteiger partial charge in [0, 0.05) is 4.47 Å². The fraction of sp³-hybridized carbons (Fsp3) is 0.231. The van der Waals surface area contributed by atoms with Crippen LogP contribution in [-0.2, 0) is 0 Å². The highest BCUT2D eigenvalue weighted by Gasteiger charge is 2.10. The van der Waals surface area contributed by atoms with Crippen molar-refractivity contribution in [3.8, 4) is 11.6 Å². The molecule has 100 valence electrons. The topological polar surface area (TPSA) is 73.1 Å². The molecule has 0 atom stereocenters. The standard InChI is InChI=1S/C13H15BrN4O/c1-8(2)10-5-9(14)3-4-11(10)19-13-7-16-6-12(17-13)18-15/h3-8H,15H2,1-2H3,(H,17,18). The van der Waals surface area contributed by atoms with E-state index in [2.05, 4.69) is 45.2 Å². The van der Waals surface area contributed by atoms with Gasteiger partial charge in [0.15, 0.2) is 5.82 Å². The van der Waals surface area contributed by atoms with E-state index in [4.69, 9.17) is 10.6 Å². The number of hydrogen-bond donors (Lipinski definition) is 2. The molecule has 0 bridgehead atoms. The van der Waals surface area contributed by atoms with Crippen LogP contribution >= 0.6 is 15.9 Å². The average molecular weight is 323 g/mol. The second-order valence-corrected chi connectivity index (χ2v) is 5.24. The predicted molar refractivity (Wildman–Crippen MR) is 78.1 cm³/mol. The summed E-state index contributed by atoms with van der Waals surface area (Å²) in [6.45, 7) is 4.22. The van der Waals surface area contributed by atoms with Crippen molar-refractivity contribution < 1.29 is 4.74 Å². The smallest absolute Gasteiger partial charge is 0.239 e. The summed E-state index contributed by atoms with van der Waals surface area (Å²) >= 11 is 3.46. The summed E-state index contributed by atoms with van der Waals surface area (Å²) in [5, 5.41) is 0. The Kier molecular flexibility index (Phi) is 4.34. The SMILES string of the molecule is CC(C)c1cc(Br)ccc1Oc1cncc(NN)n1. The van der Waals surface area contributed by atoms with Gasteiger partial charge in [0.2, 0.25) is 5.88 Å². The number of nitrogens with two attached hydrogens (primary N) is 1. The van der Waals surface area contributed by atoms with Crippen LogP contribution in [0.15, 0.2) is 35.1 Å². The molecule has 5 nitrogen and oxygen atoms in total. The van der Waals surface area contributed by atoms with Gasteiger partial charge >= 0.3 is 0 Å². The molecule has 19 heavy (non-hydrogen) atoms. The van der Waals surface area contributed by atoms with Gasteiger partial charge in [-0.2, -0.15) is 4.98 Å². The highest BCUT2D eigenvalue weighted by molar-refractivity contribution is 9.10. The first-order chi connectivity index (χ1) is 9.10. The minimum absolute atomic E-state index is 0.344. The molecule has 0 spiro atoms. The number of ether oxygens (including phenoxy) is 1. The highest BCUT2D eigenvalue weighted by Crippen LogP contribution is 2.32. The lowest BCUT2D eigenvalue weighted by Gasteiger charge is -2.13. The number of halogens is 1. The van der Waals surface area contributed by atoms with Crippen molar-refractivity contribution in [1.29, 1.82) is 0 Å². The van der Waals surface area contributed by atoms with Gasteiger partial charge < -0.3 is 10.2 Å². The highest BCUT2D eigenvalue weighted by atomic mass is 79.9. The molecule has 0 saturated carbocycles. The third kappa shape index (κ3) is 3.42. The number of hydrazine groups is 1. The molecular formula is C13H15BrN4O. The molecule has 0 unspecified atom stereocenters. The normalized spacial score (nSPS) is 10.6. The molecule has 0 fully saturated rings. The van der Waals surface area contributed by atoms with E-state index in [1.807, 2.05) is 18.2 Å². The first-order valence-corrected chi connectivity index (χ1v) is 6.65. The van der Waals surface area contributed by atoms with E-state index in [0.717, 1.165) is 15.8 Å². The molecule has 0 radical (unpaired) electrons. The van der Waals surface area contributed by atoms with Crippen LogP contribution < -0.4 is 16.0 Å². The summed E-state index contributed by atoms with van der Waals surface area (Å²) in [5.41, 5.74) is 3.54. The number of nitrogens with one attached hydrogen (secondary N) is 1. The van der Waals surface area contributed by atoms with Gasteiger partial charge in [-0.1, -0.05) is 29.8 Å². The minimum Gasteiger partial charge on any atom is -0.437 e. The van der Waals surface area contributed by atoms with Crippen molar-refractivity contribution in [3.63, 3.8) is 0 Å². The lowest BCUT2D eigenvalue weighted by atomic mass is 10.0. The van der Waals surface area contributed by atoms with Crippen molar-refractivity contribution in [2.24, 2.45) is 5.84 Å². The number of rotatable bonds is 4. The Morgan fingerprint density at radius 2 is 2.11 bits per heavy atom.